The standard InChI is InChI=1S/C16H14N2O2S/c1-12-5-7-15(8-6-12)21(20)11-16(19)18-14-4-2-3-13(9-14)10-17/h2-9H,11H2,1H3,(H,18,19). The first-order valence-electron chi connectivity index (χ1n) is 6.33. The highest BCUT2D eigenvalue weighted by molar-refractivity contribution is 7.85. The van der Waals surface area contributed by atoms with E-state index in [1.165, 1.54) is 0 Å². The largest absolute Gasteiger partial charge is 0.325 e. The minimum atomic E-state index is -1.38. The fourth-order valence-electron chi connectivity index (χ4n) is 1.76. The number of anilines is 1. The second-order valence-electron chi connectivity index (χ2n) is 4.54. The van der Waals surface area contributed by atoms with Crippen LogP contribution in [-0.4, -0.2) is 15.9 Å². The van der Waals surface area contributed by atoms with E-state index < -0.39 is 10.8 Å². The van der Waals surface area contributed by atoms with Gasteiger partial charge in [0.05, 0.1) is 22.4 Å². The number of carbonyl (C=O) groups excluding carboxylic acids is 1. The molecule has 0 bridgehead atoms. The highest BCUT2D eigenvalue weighted by Crippen LogP contribution is 2.11. The van der Waals surface area contributed by atoms with E-state index >= 15 is 0 Å². The summed E-state index contributed by atoms with van der Waals surface area (Å²) in [7, 11) is -1.38. The lowest BCUT2D eigenvalue weighted by atomic mass is 10.2. The molecule has 21 heavy (non-hydrogen) atoms. The van der Waals surface area contributed by atoms with E-state index in [4.69, 9.17) is 5.26 Å². The molecular weight excluding hydrogens is 284 g/mol. The summed E-state index contributed by atoms with van der Waals surface area (Å²) in [5, 5.41) is 11.4. The molecule has 1 unspecified atom stereocenters. The molecule has 0 aliphatic carbocycles. The molecule has 1 N–H and O–H groups in total. The number of hydrogen-bond acceptors (Lipinski definition) is 3. The van der Waals surface area contributed by atoms with Crippen LogP contribution in [0.25, 0.3) is 0 Å². The minimum absolute atomic E-state index is 0.111. The van der Waals surface area contributed by atoms with Gasteiger partial charge in [-0.1, -0.05) is 23.8 Å². The van der Waals surface area contributed by atoms with Crippen molar-refractivity contribution in [2.24, 2.45) is 0 Å². The summed E-state index contributed by atoms with van der Waals surface area (Å²) in [6.07, 6.45) is 0. The molecule has 0 heterocycles. The van der Waals surface area contributed by atoms with Crippen LogP contribution < -0.4 is 5.32 Å². The van der Waals surface area contributed by atoms with Gasteiger partial charge in [0.1, 0.15) is 5.75 Å². The van der Waals surface area contributed by atoms with Crippen LogP contribution in [0.2, 0.25) is 0 Å². The van der Waals surface area contributed by atoms with E-state index in [1.807, 2.05) is 25.1 Å². The lowest BCUT2D eigenvalue weighted by Gasteiger charge is -2.06. The molecule has 2 aromatic rings. The number of benzene rings is 2. The van der Waals surface area contributed by atoms with Gasteiger partial charge in [-0.25, -0.2) is 0 Å². The molecule has 2 aromatic carbocycles. The molecule has 106 valence electrons. The summed E-state index contributed by atoms with van der Waals surface area (Å²) in [4.78, 5) is 12.5. The third-order valence-corrected chi connectivity index (χ3v) is 4.14. The number of carbonyl (C=O) groups is 1. The molecular formula is C16H14N2O2S. The molecule has 0 radical (unpaired) electrons. The van der Waals surface area contributed by atoms with Gasteiger partial charge in [-0.05, 0) is 37.3 Å². The molecule has 0 spiro atoms. The SMILES string of the molecule is Cc1ccc(S(=O)CC(=O)Nc2cccc(C#N)c2)cc1. The maximum absolute atomic E-state index is 12.1. The Labute approximate surface area is 125 Å². The quantitative estimate of drug-likeness (QED) is 0.943. The molecule has 0 saturated heterocycles. The smallest absolute Gasteiger partial charge is 0.237 e. The number of amides is 1. The summed E-state index contributed by atoms with van der Waals surface area (Å²) < 4.78 is 12.1. The molecule has 0 aromatic heterocycles. The van der Waals surface area contributed by atoms with Crippen molar-refractivity contribution < 1.29 is 9.00 Å². The molecule has 0 fully saturated rings. The van der Waals surface area contributed by atoms with E-state index in [9.17, 15) is 9.00 Å². The Morgan fingerprint density at radius 1 is 1.24 bits per heavy atom. The van der Waals surface area contributed by atoms with Crippen LogP contribution in [0.5, 0.6) is 0 Å². The zero-order valence-electron chi connectivity index (χ0n) is 11.5. The maximum atomic E-state index is 12.1. The Balaban J connectivity index is 1.99. The van der Waals surface area contributed by atoms with Gasteiger partial charge in [-0.3, -0.25) is 9.00 Å². The normalized spacial score (nSPS) is 11.4. The molecule has 0 aliphatic rings. The van der Waals surface area contributed by atoms with Crippen LogP contribution in [-0.2, 0) is 15.6 Å². The average Bonchev–Trinajstić information content (AvgIpc) is 2.47. The Kier molecular flexibility index (Phi) is 4.85. The van der Waals surface area contributed by atoms with Crippen LogP contribution >= 0.6 is 0 Å². The van der Waals surface area contributed by atoms with E-state index in [0.717, 1.165) is 5.56 Å². The first-order valence-corrected chi connectivity index (χ1v) is 7.65. The predicted molar refractivity (Wildman–Crippen MR) is 82.2 cm³/mol. The monoisotopic (exact) mass is 298 g/mol. The fourth-order valence-corrected chi connectivity index (χ4v) is 2.67. The van der Waals surface area contributed by atoms with Crippen molar-refractivity contribution >= 4 is 22.4 Å². The Hall–Kier alpha value is -2.45. The summed E-state index contributed by atoms with van der Waals surface area (Å²) in [5.74, 6) is -0.455. The number of nitriles is 1. The molecule has 2 rings (SSSR count). The average molecular weight is 298 g/mol. The van der Waals surface area contributed by atoms with Gasteiger partial charge in [0, 0.05) is 10.6 Å². The van der Waals surface area contributed by atoms with Crippen LogP contribution in [0.15, 0.2) is 53.4 Å². The second-order valence-corrected chi connectivity index (χ2v) is 5.99. The third-order valence-electron chi connectivity index (χ3n) is 2.82. The number of nitrogens with zero attached hydrogens (tertiary/aromatic N) is 1. The van der Waals surface area contributed by atoms with Crippen molar-refractivity contribution in [1.29, 1.82) is 5.26 Å². The summed E-state index contributed by atoms with van der Waals surface area (Å²) in [6.45, 7) is 1.95. The third kappa shape index (κ3) is 4.26. The summed E-state index contributed by atoms with van der Waals surface area (Å²) in [6, 6.07) is 15.8. The Bertz CT molecular complexity index is 718. The van der Waals surface area contributed by atoms with E-state index in [0.29, 0.717) is 16.1 Å². The molecule has 1 amide bonds. The van der Waals surface area contributed by atoms with Crippen molar-refractivity contribution in [3.63, 3.8) is 0 Å². The molecule has 4 nitrogen and oxygen atoms in total. The number of nitrogens with one attached hydrogen (secondary N) is 1. The lowest BCUT2D eigenvalue weighted by Crippen LogP contribution is -2.19. The van der Waals surface area contributed by atoms with Gasteiger partial charge in [0.15, 0.2) is 0 Å². The van der Waals surface area contributed by atoms with Gasteiger partial charge in [0.25, 0.3) is 0 Å². The maximum Gasteiger partial charge on any atom is 0.237 e. The molecule has 0 aliphatic heterocycles. The summed E-state index contributed by atoms with van der Waals surface area (Å²) in [5.41, 5.74) is 2.07. The first kappa shape index (κ1) is 14.9. The number of aryl methyl sites for hydroxylation is 1. The Morgan fingerprint density at radius 3 is 2.62 bits per heavy atom. The topological polar surface area (TPSA) is 70.0 Å². The van der Waals surface area contributed by atoms with Crippen molar-refractivity contribution in [3.8, 4) is 6.07 Å². The fraction of sp³-hybridized carbons (Fsp3) is 0.125. The molecule has 1 atom stereocenters. The van der Waals surface area contributed by atoms with Crippen LogP contribution in [0.1, 0.15) is 11.1 Å². The Morgan fingerprint density at radius 2 is 1.95 bits per heavy atom. The van der Waals surface area contributed by atoms with Crippen molar-refractivity contribution in [2.75, 3.05) is 11.1 Å². The molecule has 5 heteroatoms. The van der Waals surface area contributed by atoms with Crippen molar-refractivity contribution in [1.82, 2.24) is 0 Å². The van der Waals surface area contributed by atoms with Gasteiger partial charge in [0.2, 0.25) is 5.91 Å². The van der Waals surface area contributed by atoms with Gasteiger partial charge in [-0.2, -0.15) is 5.26 Å². The van der Waals surface area contributed by atoms with E-state index in [1.54, 1.807) is 36.4 Å². The molecule has 0 saturated carbocycles. The zero-order valence-corrected chi connectivity index (χ0v) is 12.3. The van der Waals surface area contributed by atoms with Crippen LogP contribution in [0.3, 0.4) is 0 Å². The van der Waals surface area contributed by atoms with Crippen LogP contribution in [0, 0.1) is 18.3 Å². The predicted octanol–water partition coefficient (Wildman–Crippen LogP) is 2.61. The first-order chi connectivity index (χ1) is 10.1. The minimum Gasteiger partial charge on any atom is -0.325 e. The van der Waals surface area contributed by atoms with Gasteiger partial charge >= 0.3 is 0 Å². The summed E-state index contributed by atoms with van der Waals surface area (Å²) >= 11 is 0. The van der Waals surface area contributed by atoms with Crippen LogP contribution in [0.4, 0.5) is 5.69 Å². The lowest BCUT2D eigenvalue weighted by molar-refractivity contribution is -0.113. The van der Waals surface area contributed by atoms with Crippen molar-refractivity contribution in [2.45, 2.75) is 11.8 Å². The number of rotatable bonds is 4. The van der Waals surface area contributed by atoms with Gasteiger partial charge < -0.3 is 5.32 Å². The zero-order chi connectivity index (χ0) is 15.2. The highest BCUT2D eigenvalue weighted by Gasteiger charge is 2.10. The van der Waals surface area contributed by atoms with Crippen molar-refractivity contribution in [3.05, 3.63) is 59.7 Å². The number of hydrogen-bond donors (Lipinski definition) is 1. The van der Waals surface area contributed by atoms with E-state index in [-0.39, 0.29) is 11.7 Å². The van der Waals surface area contributed by atoms with E-state index in [2.05, 4.69) is 5.32 Å². The second kappa shape index (κ2) is 6.82. The highest BCUT2D eigenvalue weighted by atomic mass is 32.2. The van der Waals surface area contributed by atoms with Gasteiger partial charge in [-0.15, -0.1) is 0 Å².